The minimum Gasteiger partial charge on any atom is -0.493 e. The lowest BCUT2D eigenvalue weighted by atomic mass is 10.1. The summed E-state index contributed by atoms with van der Waals surface area (Å²) in [6, 6.07) is 11.3. The maximum atomic E-state index is 12.8. The monoisotopic (exact) mass is 485 g/mol. The van der Waals surface area contributed by atoms with Crippen LogP contribution in [0.3, 0.4) is 0 Å². The number of aryl methyl sites for hydroxylation is 1. The molecule has 0 fully saturated rings. The Hall–Kier alpha value is -3.04. The molecule has 2 heterocycles. The third-order valence-electron chi connectivity index (χ3n) is 4.29. The number of aromatic nitrogens is 3. The van der Waals surface area contributed by atoms with Gasteiger partial charge < -0.3 is 9.47 Å². The van der Waals surface area contributed by atoms with Gasteiger partial charge in [0, 0.05) is 12.5 Å². The van der Waals surface area contributed by atoms with Gasteiger partial charge in [-0.1, -0.05) is 41.2 Å². The van der Waals surface area contributed by atoms with Crippen LogP contribution in [0.25, 0.3) is 22.4 Å². The van der Waals surface area contributed by atoms with Gasteiger partial charge in [-0.3, -0.25) is 9.59 Å². The average molecular weight is 486 g/mol. The molecule has 152 valence electrons. The highest BCUT2D eigenvalue weighted by Gasteiger charge is 2.15. The molecule has 0 saturated heterocycles. The SMILES string of the molecule is COc1cc(C=c2sc3nc(-c4ccc(C)cc4)nn3c2=O)cc(Br)c1OC(C)=O. The number of carbonyl (C=O) groups excluding carboxylic acids is 1. The van der Waals surface area contributed by atoms with Crippen molar-refractivity contribution in [1.82, 2.24) is 14.6 Å². The molecule has 0 unspecified atom stereocenters. The molecule has 0 radical (unpaired) electrons. The van der Waals surface area contributed by atoms with Gasteiger partial charge in [0.25, 0.3) is 5.56 Å². The molecule has 0 bridgehead atoms. The van der Waals surface area contributed by atoms with Gasteiger partial charge in [-0.05, 0) is 46.6 Å². The Bertz CT molecular complexity index is 1380. The van der Waals surface area contributed by atoms with Gasteiger partial charge >= 0.3 is 5.97 Å². The van der Waals surface area contributed by atoms with Crippen molar-refractivity contribution in [3.8, 4) is 22.9 Å². The molecular weight excluding hydrogens is 470 g/mol. The van der Waals surface area contributed by atoms with E-state index in [1.165, 1.54) is 29.9 Å². The number of hydrogen-bond donors (Lipinski definition) is 0. The third kappa shape index (κ3) is 3.86. The lowest BCUT2D eigenvalue weighted by Gasteiger charge is -2.10. The van der Waals surface area contributed by atoms with Crippen molar-refractivity contribution >= 4 is 44.3 Å². The van der Waals surface area contributed by atoms with E-state index in [0.29, 0.717) is 31.1 Å². The Morgan fingerprint density at radius 2 is 1.97 bits per heavy atom. The summed E-state index contributed by atoms with van der Waals surface area (Å²) in [5.74, 6) is 0.719. The lowest BCUT2D eigenvalue weighted by Crippen LogP contribution is -2.23. The standard InChI is InChI=1S/C21H16BrN3O4S/c1-11-4-6-14(7-5-11)19-23-21-25(24-19)20(27)17(30-21)10-13-8-15(22)18(29-12(2)26)16(9-13)28-3/h4-10H,1-3H3. The number of ether oxygens (including phenoxy) is 2. The Labute approximate surface area is 183 Å². The zero-order valence-electron chi connectivity index (χ0n) is 16.3. The van der Waals surface area contributed by atoms with Crippen LogP contribution >= 0.6 is 27.3 Å². The highest BCUT2D eigenvalue weighted by Crippen LogP contribution is 2.37. The molecule has 0 aliphatic heterocycles. The van der Waals surface area contributed by atoms with Gasteiger partial charge in [-0.15, -0.1) is 5.10 Å². The number of carbonyl (C=O) groups is 1. The molecule has 2 aromatic heterocycles. The lowest BCUT2D eigenvalue weighted by molar-refractivity contribution is -0.132. The average Bonchev–Trinajstić information content (AvgIpc) is 3.24. The van der Waals surface area contributed by atoms with E-state index in [1.54, 1.807) is 18.2 Å². The van der Waals surface area contributed by atoms with Crippen molar-refractivity contribution < 1.29 is 14.3 Å². The molecule has 0 amide bonds. The Morgan fingerprint density at radius 3 is 2.60 bits per heavy atom. The molecule has 4 rings (SSSR count). The van der Waals surface area contributed by atoms with Crippen molar-refractivity contribution in [2.75, 3.05) is 7.11 Å². The van der Waals surface area contributed by atoms with Crippen LogP contribution < -0.4 is 19.6 Å². The molecule has 4 aromatic rings. The van der Waals surface area contributed by atoms with E-state index < -0.39 is 5.97 Å². The predicted octanol–water partition coefficient (Wildman–Crippen LogP) is 3.37. The fraction of sp³-hybridized carbons (Fsp3) is 0.143. The Kier molecular flexibility index (Phi) is 5.40. The summed E-state index contributed by atoms with van der Waals surface area (Å²) >= 11 is 4.64. The van der Waals surface area contributed by atoms with Crippen molar-refractivity contribution in [3.63, 3.8) is 0 Å². The van der Waals surface area contributed by atoms with Crippen molar-refractivity contribution in [1.29, 1.82) is 0 Å². The molecule has 30 heavy (non-hydrogen) atoms. The molecule has 0 spiro atoms. The van der Waals surface area contributed by atoms with Crippen LogP contribution in [0.2, 0.25) is 0 Å². The number of methoxy groups -OCH3 is 1. The van der Waals surface area contributed by atoms with Crippen LogP contribution in [-0.4, -0.2) is 27.7 Å². The van der Waals surface area contributed by atoms with E-state index in [1.807, 2.05) is 31.2 Å². The molecule has 0 saturated carbocycles. The van der Waals surface area contributed by atoms with Crippen molar-refractivity contribution in [2.45, 2.75) is 13.8 Å². The maximum Gasteiger partial charge on any atom is 0.308 e. The summed E-state index contributed by atoms with van der Waals surface area (Å²) in [6.45, 7) is 3.32. The normalized spacial score (nSPS) is 11.8. The van der Waals surface area contributed by atoms with Gasteiger partial charge in [-0.25, -0.2) is 0 Å². The van der Waals surface area contributed by atoms with Gasteiger partial charge in [-0.2, -0.15) is 9.50 Å². The Balaban J connectivity index is 1.76. The summed E-state index contributed by atoms with van der Waals surface area (Å²) in [5.41, 5.74) is 2.45. The maximum absolute atomic E-state index is 12.8. The van der Waals surface area contributed by atoms with Gasteiger partial charge in [0.2, 0.25) is 4.96 Å². The second kappa shape index (κ2) is 8.00. The van der Waals surface area contributed by atoms with E-state index in [-0.39, 0.29) is 11.3 Å². The number of rotatable bonds is 4. The number of halogens is 1. The topological polar surface area (TPSA) is 82.8 Å². The first-order chi connectivity index (χ1) is 14.4. The highest BCUT2D eigenvalue weighted by atomic mass is 79.9. The van der Waals surface area contributed by atoms with Crippen LogP contribution in [0, 0.1) is 6.92 Å². The summed E-state index contributed by atoms with van der Waals surface area (Å²) in [5, 5.41) is 4.36. The first-order valence-electron chi connectivity index (χ1n) is 8.90. The van der Waals surface area contributed by atoms with Crippen LogP contribution in [0.5, 0.6) is 11.5 Å². The second-order valence-corrected chi connectivity index (χ2v) is 8.40. The van der Waals surface area contributed by atoms with Crippen LogP contribution in [0.15, 0.2) is 45.7 Å². The molecule has 2 aromatic carbocycles. The van der Waals surface area contributed by atoms with E-state index >= 15 is 0 Å². The van der Waals surface area contributed by atoms with E-state index in [2.05, 4.69) is 26.0 Å². The minimum atomic E-state index is -0.456. The Morgan fingerprint density at radius 1 is 1.23 bits per heavy atom. The molecule has 0 aliphatic rings. The zero-order chi connectivity index (χ0) is 21.4. The molecule has 0 aliphatic carbocycles. The van der Waals surface area contributed by atoms with Gasteiger partial charge in [0.15, 0.2) is 17.3 Å². The van der Waals surface area contributed by atoms with Crippen LogP contribution in [0.4, 0.5) is 0 Å². The number of hydrogen-bond acceptors (Lipinski definition) is 7. The van der Waals surface area contributed by atoms with Crippen molar-refractivity contribution in [3.05, 3.63) is 66.9 Å². The van der Waals surface area contributed by atoms with E-state index in [9.17, 15) is 9.59 Å². The van der Waals surface area contributed by atoms with Crippen LogP contribution in [0.1, 0.15) is 18.1 Å². The number of thiazole rings is 1. The second-order valence-electron chi connectivity index (χ2n) is 6.54. The quantitative estimate of drug-likeness (QED) is 0.325. The third-order valence-corrected chi connectivity index (χ3v) is 5.84. The first-order valence-corrected chi connectivity index (χ1v) is 10.5. The first kappa shape index (κ1) is 20.2. The summed E-state index contributed by atoms with van der Waals surface area (Å²) in [6.07, 6.45) is 1.72. The number of benzene rings is 2. The molecule has 0 N–H and O–H groups in total. The number of esters is 1. The summed E-state index contributed by atoms with van der Waals surface area (Å²) in [7, 11) is 1.48. The van der Waals surface area contributed by atoms with E-state index in [0.717, 1.165) is 11.1 Å². The largest absolute Gasteiger partial charge is 0.493 e. The molecule has 9 heteroatoms. The number of nitrogens with zero attached hydrogens (tertiary/aromatic N) is 3. The van der Waals surface area contributed by atoms with Gasteiger partial charge in [0.05, 0.1) is 16.1 Å². The molecule has 7 nitrogen and oxygen atoms in total. The molecular formula is C21H16BrN3O4S. The highest BCUT2D eigenvalue weighted by molar-refractivity contribution is 9.10. The summed E-state index contributed by atoms with van der Waals surface area (Å²) < 4.78 is 12.8. The zero-order valence-corrected chi connectivity index (χ0v) is 18.7. The smallest absolute Gasteiger partial charge is 0.308 e. The van der Waals surface area contributed by atoms with Crippen molar-refractivity contribution in [2.24, 2.45) is 0 Å². The fourth-order valence-corrected chi connectivity index (χ4v) is 4.32. The minimum absolute atomic E-state index is 0.250. The summed E-state index contributed by atoms with van der Waals surface area (Å²) in [4.78, 5) is 29.1. The van der Waals surface area contributed by atoms with Gasteiger partial charge in [0.1, 0.15) is 0 Å². The van der Waals surface area contributed by atoms with E-state index in [4.69, 9.17) is 9.47 Å². The molecule has 0 atom stereocenters. The predicted molar refractivity (Wildman–Crippen MR) is 118 cm³/mol. The van der Waals surface area contributed by atoms with Crippen LogP contribution in [-0.2, 0) is 4.79 Å². The number of fused-ring (bicyclic) bond motifs is 1. The fourth-order valence-electron chi connectivity index (χ4n) is 2.88.